The smallest absolute Gasteiger partial charge is 0.00395 e. The van der Waals surface area contributed by atoms with Crippen LogP contribution in [-0.4, -0.2) is 6.54 Å². The van der Waals surface area contributed by atoms with E-state index >= 15 is 0 Å². The Balaban J connectivity index is 2.08. The molecule has 74 valence electrons. The molecule has 0 aliphatic heterocycles. The van der Waals surface area contributed by atoms with E-state index in [1.54, 1.807) is 5.57 Å². The molecule has 2 N–H and O–H groups in total. The highest BCUT2D eigenvalue weighted by atomic mass is 14.6. The molecule has 0 aromatic carbocycles. The maximum Gasteiger partial charge on any atom is 0.00395 e. The molecule has 13 heavy (non-hydrogen) atoms. The lowest BCUT2D eigenvalue weighted by Crippen LogP contribution is -2.44. The van der Waals surface area contributed by atoms with Crippen molar-refractivity contribution in [1.29, 1.82) is 0 Å². The first kappa shape index (κ1) is 9.26. The summed E-state index contributed by atoms with van der Waals surface area (Å²) in [6.45, 7) is 3.22. The molecule has 2 rings (SSSR count). The van der Waals surface area contributed by atoms with Crippen molar-refractivity contribution < 1.29 is 0 Å². The van der Waals surface area contributed by atoms with Crippen LogP contribution in [0.25, 0.3) is 0 Å². The van der Waals surface area contributed by atoms with Crippen LogP contribution in [0.5, 0.6) is 0 Å². The van der Waals surface area contributed by atoms with Crippen LogP contribution in [-0.2, 0) is 0 Å². The molecule has 0 atom stereocenters. The first-order valence-corrected chi connectivity index (χ1v) is 5.66. The zero-order valence-corrected chi connectivity index (χ0v) is 8.68. The van der Waals surface area contributed by atoms with E-state index in [9.17, 15) is 0 Å². The third-order valence-corrected chi connectivity index (χ3v) is 3.84. The summed E-state index contributed by atoms with van der Waals surface area (Å²) in [4.78, 5) is 0. The summed E-state index contributed by atoms with van der Waals surface area (Å²) in [6, 6.07) is 0. The quantitative estimate of drug-likeness (QED) is 0.648. The molecule has 0 saturated heterocycles. The maximum atomic E-state index is 5.92. The fraction of sp³-hybridized carbons (Fsp3) is 0.833. The first-order chi connectivity index (χ1) is 6.27. The molecule has 0 heterocycles. The summed E-state index contributed by atoms with van der Waals surface area (Å²) in [6.07, 6.45) is 10.6. The fourth-order valence-corrected chi connectivity index (χ4v) is 3.15. The second kappa shape index (κ2) is 3.45. The lowest BCUT2D eigenvalue weighted by atomic mass is 9.57. The van der Waals surface area contributed by atoms with Crippen LogP contribution in [0, 0.1) is 11.3 Å². The molecule has 0 aromatic rings. The molecule has 0 bridgehead atoms. The number of allylic oxidation sites excluding steroid dienone is 1. The minimum atomic E-state index is 0.444. The van der Waals surface area contributed by atoms with Gasteiger partial charge in [0.1, 0.15) is 0 Å². The summed E-state index contributed by atoms with van der Waals surface area (Å²) < 4.78 is 0. The number of hydrogen-bond donors (Lipinski definition) is 1. The van der Waals surface area contributed by atoms with E-state index in [-0.39, 0.29) is 0 Å². The summed E-state index contributed by atoms with van der Waals surface area (Å²) >= 11 is 0. The second-order valence-electron chi connectivity index (χ2n) is 4.97. The van der Waals surface area contributed by atoms with Crippen molar-refractivity contribution in [1.82, 2.24) is 0 Å². The molecule has 1 fully saturated rings. The van der Waals surface area contributed by atoms with Gasteiger partial charge >= 0.3 is 0 Å². The molecule has 1 heteroatoms. The van der Waals surface area contributed by atoms with E-state index in [2.05, 4.69) is 13.0 Å². The fourth-order valence-electron chi connectivity index (χ4n) is 3.15. The van der Waals surface area contributed by atoms with Crippen molar-refractivity contribution >= 4 is 0 Å². The lowest BCUT2D eigenvalue weighted by Gasteiger charge is -2.48. The SMILES string of the molecule is CC1CC(CN)(C2=CCCCC2)C1. The monoisotopic (exact) mass is 179 g/mol. The van der Waals surface area contributed by atoms with E-state index in [0.717, 1.165) is 12.5 Å². The molecule has 0 amide bonds. The van der Waals surface area contributed by atoms with Crippen LogP contribution >= 0.6 is 0 Å². The summed E-state index contributed by atoms with van der Waals surface area (Å²) in [5.74, 6) is 0.909. The number of rotatable bonds is 2. The summed E-state index contributed by atoms with van der Waals surface area (Å²) in [7, 11) is 0. The zero-order chi connectivity index (χ0) is 9.31. The average Bonchev–Trinajstić information content (AvgIpc) is 2.14. The molecule has 0 radical (unpaired) electrons. The van der Waals surface area contributed by atoms with Gasteiger partial charge in [-0.2, -0.15) is 0 Å². The Morgan fingerprint density at radius 3 is 2.69 bits per heavy atom. The van der Waals surface area contributed by atoms with E-state index in [1.807, 2.05) is 0 Å². The van der Waals surface area contributed by atoms with E-state index in [0.29, 0.717) is 5.41 Å². The highest BCUT2D eigenvalue weighted by Gasteiger charge is 2.43. The third-order valence-electron chi connectivity index (χ3n) is 3.84. The Hall–Kier alpha value is -0.300. The Morgan fingerprint density at radius 2 is 2.23 bits per heavy atom. The van der Waals surface area contributed by atoms with Crippen LogP contribution in [0.3, 0.4) is 0 Å². The van der Waals surface area contributed by atoms with E-state index in [4.69, 9.17) is 5.73 Å². The predicted octanol–water partition coefficient (Wildman–Crippen LogP) is 2.86. The van der Waals surface area contributed by atoms with Gasteiger partial charge in [0.25, 0.3) is 0 Å². The highest BCUT2D eigenvalue weighted by Crippen LogP contribution is 2.52. The normalized spacial score (nSPS) is 39.5. The molecule has 1 saturated carbocycles. The second-order valence-corrected chi connectivity index (χ2v) is 4.97. The minimum Gasteiger partial charge on any atom is -0.330 e. The Bertz CT molecular complexity index is 211. The predicted molar refractivity (Wildman–Crippen MR) is 56.4 cm³/mol. The molecule has 1 nitrogen and oxygen atoms in total. The summed E-state index contributed by atoms with van der Waals surface area (Å²) in [5.41, 5.74) is 8.06. The Morgan fingerprint density at radius 1 is 1.46 bits per heavy atom. The largest absolute Gasteiger partial charge is 0.330 e. The van der Waals surface area contributed by atoms with Crippen LogP contribution in [0.1, 0.15) is 45.4 Å². The van der Waals surface area contributed by atoms with Crippen LogP contribution in [0.4, 0.5) is 0 Å². The van der Waals surface area contributed by atoms with Gasteiger partial charge in [-0.3, -0.25) is 0 Å². The van der Waals surface area contributed by atoms with Gasteiger partial charge in [0.05, 0.1) is 0 Å². The van der Waals surface area contributed by atoms with Crippen LogP contribution in [0.2, 0.25) is 0 Å². The summed E-state index contributed by atoms with van der Waals surface area (Å²) in [5, 5.41) is 0. The lowest BCUT2D eigenvalue weighted by molar-refractivity contribution is 0.111. The van der Waals surface area contributed by atoms with Gasteiger partial charge in [0.2, 0.25) is 0 Å². The van der Waals surface area contributed by atoms with E-state index in [1.165, 1.54) is 38.5 Å². The van der Waals surface area contributed by atoms with Crippen molar-refractivity contribution in [2.24, 2.45) is 17.1 Å². The van der Waals surface area contributed by atoms with Crippen LogP contribution < -0.4 is 5.73 Å². The van der Waals surface area contributed by atoms with E-state index < -0.39 is 0 Å². The third kappa shape index (κ3) is 1.54. The zero-order valence-electron chi connectivity index (χ0n) is 8.68. The maximum absolute atomic E-state index is 5.92. The highest BCUT2D eigenvalue weighted by molar-refractivity contribution is 5.21. The van der Waals surface area contributed by atoms with Crippen LogP contribution in [0.15, 0.2) is 11.6 Å². The molecular weight excluding hydrogens is 158 g/mol. The van der Waals surface area contributed by atoms with Gasteiger partial charge in [0, 0.05) is 12.0 Å². The van der Waals surface area contributed by atoms with Crippen molar-refractivity contribution in [2.45, 2.75) is 45.4 Å². The topological polar surface area (TPSA) is 26.0 Å². The molecule has 0 aromatic heterocycles. The molecule has 2 aliphatic carbocycles. The van der Waals surface area contributed by atoms with Crippen molar-refractivity contribution in [2.75, 3.05) is 6.54 Å². The van der Waals surface area contributed by atoms with Gasteiger partial charge in [-0.25, -0.2) is 0 Å². The van der Waals surface area contributed by atoms with Crippen molar-refractivity contribution in [3.8, 4) is 0 Å². The van der Waals surface area contributed by atoms with Crippen molar-refractivity contribution in [3.63, 3.8) is 0 Å². The number of nitrogens with two attached hydrogens (primary N) is 1. The van der Waals surface area contributed by atoms with Gasteiger partial charge in [-0.05, 0) is 44.4 Å². The Kier molecular flexibility index (Phi) is 2.46. The molecule has 0 unspecified atom stereocenters. The average molecular weight is 179 g/mol. The van der Waals surface area contributed by atoms with Gasteiger partial charge in [-0.15, -0.1) is 0 Å². The first-order valence-electron chi connectivity index (χ1n) is 5.66. The molecular formula is C12H21N. The van der Waals surface area contributed by atoms with Gasteiger partial charge in [-0.1, -0.05) is 18.6 Å². The van der Waals surface area contributed by atoms with Gasteiger partial charge < -0.3 is 5.73 Å². The molecule has 2 aliphatic rings. The van der Waals surface area contributed by atoms with Gasteiger partial charge in [0.15, 0.2) is 0 Å². The number of hydrogen-bond acceptors (Lipinski definition) is 1. The standard InChI is InChI=1S/C12H21N/c1-10-7-12(8-10,9-13)11-5-3-2-4-6-11/h5,10H,2-4,6-9,13H2,1H3. The Labute approximate surface area is 81.4 Å². The molecule has 0 spiro atoms. The minimum absolute atomic E-state index is 0.444. The van der Waals surface area contributed by atoms with Crippen molar-refractivity contribution in [3.05, 3.63) is 11.6 Å².